The smallest absolute Gasteiger partial charge is 0.258 e. The third-order valence-corrected chi connectivity index (χ3v) is 7.85. The molecule has 2 aliphatic heterocycles. The van der Waals surface area contributed by atoms with Crippen LogP contribution in [0, 0.1) is 17.8 Å². The van der Waals surface area contributed by atoms with Crippen LogP contribution in [0.5, 0.6) is 0 Å². The van der Waals surface area contributed by atoms with Gasteiger partial charge in [-0.1, -0.05) is 31.4 Å². The van der Waals surface area contributed by atoms with E-state index in [0.29, 0.717) is 12.1 Å². The van der Waals surface area contributed by atoms with E-state index >= 15 is 0 Å². The quantitative estimate of drug-likeness (QED) is 0.736. The summed E-state index contributed by atoms with van der Waals surface area (Å²) in [5.41, 5.74) is 1.32. The van der Waals surface area contributed by atoms with E-state index in [2.05, 4.69) is 5.32 Å². The second-order valence-electron chi connectivity index (χ2n) is 9.89. The number of amides is 2. The molecule has 3 fully saturated rings. The highest BCUT2D eigenvalue weighted by molar-refractivity contribution is 5.91. The van der Waals surface area contributed by atoms with Crippen LogP contribution in [-0.4, -0.2) is 45.1 Å². The fourth-order valence-electron chi connectivity index (χ4n) is 6.13. The van der Waals surface area contributed by atoms with Gasteiger partial charge in [-0.25, -0.2) is 0 Å². The predicted molar refractivity (Wildman–Crippen MR) is 121 cm³/mol. The summed E-state index contributed by atoms with van der Waals surface area (Å²) in [6.07, 6.45) is 10.7. The van der Waals surface area contributed by atoms with Crippen LogP contribution in [0.2, 0.25) is 0 Å². The maximum Gasteiger partial charge on any atom is 0.258 e. The van der Waals surface area contributed by atoms with E-state index in [0.717, 1.165) is 44.2 Å². The van der Waals surface area contributed by atoms with E-state index in [4.69, 9.17) is 0 Å². The van der Waals surface area contributed by atoms with Crippen molar-refractivity contribution in [1.29, 1.82) is 0 Å². The lowest BCUT2D eigenvalue weighted by atomic mass is 9.87. The van der Waals surface area contributed by atoms with Gasteiger partial charge in [-0.3, -0.25) is 14.4 Å². The fraction of sp³-hybridized carbons (Fsp3) is 0.640. The molecule has 2 aliphatic carbocycles. The van der Waals surface area contributed by atoms with E-state index in [1.54, 1.807) is 21.6 Å². The number of aliphatic hydroxyl groups excluding tert-OH is 1. The molecule has 172 valence electrons. The van der Waals surface area contributed by atoms with Crippen LogP contribution in [0.1, 0.15) is 69.2 Å². The van der Waals surface area contributed by atoms with Gasteiger partial charge in [0.1, 0.15) is 6.04 Å². The molecule has 5 rings (SSSR count). The Morgan fingerprint density at radius 2 is 1.91 bits per heavy atom. The number of allylic oxidation sites excluding steroid dienone is 1. The number of carbonyl (C=O) groups is 2. The van der Waals surface area contributed by atoms with E-state index < -0.39 is 6.04 Å². The molecule has 0 unspecified atom stereocenters. The van der Waals surface area contributed by atoms with Gasteiger partial charge in [0.2, 0.25) is 11.8 Å². The largest absolute Gasteiger partial charge is 0.396 e. The molecular weight excluding hydrogens is 406 g/mol. The fourth-order valence-corrected chi connectivity index (χ4v) is 6.13. The van der Waals surface area contributed by atoms with Crippen molar-refractivity contribution >= 4 is 17.9 Å². The SMILES string of the molecule is C/C=C/c1ccc2n(c1=O)C[C@H]1[C@H](CO)[C@@H](C(=O)NC3CCCCC3)N(C(=O)C3CC3)[C@@H]21. The van der Waals surface area contributed by atoms with Crippen molar-refractivity contribution in [3.05, 3.63) is 39.8 Å². The lowest BCUT2D eigenvalue weighted by Crippen LogP contribution is -2.53. The number of carbonyl (C=O) groups excluding carboxylic acids is 2. The lowest BCUT2D eigenvalue weighted by molar-refractivity contribution is -0.143. The zero-order valence-corrected chi connectivity index (χ0v) is 18.7. The summed E-state index contributed by atoms with van der Waals surface area (Å²) in [7, 11) is 0. The first kappa shape index (κ1) is 21.4. The second kappa shape index (κ2) is 8.50. The highest BCUT2D eigenvalue weighted by Crippen LogP contribution is 2.51. The van der Waals surface area contributed by atoms with Crippen molar-refractivity contribution in [3.63, 3.8) is 0 Å². The molecule has 0 spiro atoms. The van der Waals surface area contributed by atoms with Crippen molar-refractivity contribution in [2.45, 2.75) is 76.5 Å². The maximum absolute atomic E-state index is 13.5. The second-order valence-corrected chi connectivity index (χ2v) is 9.89. The van der Waals surface area contributed by atoms with Crippen molar-refractivity contribution in [2.24, 2.45) is 17.8 Å². The summed E-state index contributed by atoms with van der Waals surface area (Å²) in [5.74, 6) is -0.702. The van der Waals surface area contributed by atoms with Gasteiger partial charge in [-0.15, -0.1) is 0 Å². The van der Waals surface area contributed by atoms with Crippen LogP contribution in [0.3, 0.4) is 0 Å². The highest BCUT2D eigenvalue weighted by atomic mass is 16.3. The Morgan fingerprint density at radius 3 is 2.56 bits per heavy atom. The van der Waals surface area contributed by atoms with E-state index in [1.807, 2.05) is 19.1 Å². The molecule has 0 radical (unpaired) electrons. The summed E-state index contributed by atoms with van der Waals surface area (Å²) >= 11 is 0. The normalized spacial score (nSPS) is 29.9. The molecule has 1 aromatic heterocycles. The van der Waals surface area contributed by atoms with Crippen molar-refractivity contribution in [2.75, 3.05) is 6.61 Å². The van der Waals surface area contributed by atoms with Crippen LogP contribution in [0.15, 0.2) is 23.0 Å². The van der Waals surface area contributed by atoms with Crippen molar-refractivity contribution in [1.82, 2.24) is 14.8 Å². The molecule has 2 saturated carbocycles. The molecule has 1 saturated heterocycles. The minimum absolute atomic E-state index is 0.00169. The first-order valence-corrected chi connectivity index (χ1v) is 12.1. The average molecular weight is 440 g/mol. The summed E-state index contributed by atoms with van der Waals surface area (Å²) in [6.45, 7) is 2.12. The van der Waals surface area contributed by atoms with Crippen LogP contribution in [0.4, 0.5) is 0 Å². The number of likely N-dealkylation sites (tertiary alicyclic amines) is 1. The number of hydrogen-bond donors (Lipinski definition) is 2. The Bertz CT molecular complexity index is 989. The van der Waals surface area contributed by atoms with Gasteiger partial charge in [-0.05, 0) is 44.7 Å². The third-order valence-electron chi connectivity index (χ3n) is 7.85. The number of aromatic nitrogens is 1. The monoisotopic (exact) mass is 439 g/mol. The minimum atomic E-state index is -0.677. The van der Waals surface area contributed by atoms with Gasteiger partial charge in [0, 0.05) is 48.2 Å². The Balaban J connectivity index is 1.51. The zero-order chi connectivity index (χ0) is 22.4. The van der Waals surface area contributed by atoms with Gasteiger partial charge >= 0.3 is 0 Å². The maximum atomic E-state index is 13.5. The zero-order valence-electron chi connectivity index (χ0n) is 18.7. The number of fused-ring (bicyclic) bond motifs is 3. The third kappa shape index (κ3) is 3.51. The molecule has 0 aromatic carbocycles. The topological polar surface area (TPSA) is 91.6 Å². The first-order valence-electron chi connectivity index (χ1n) is 12.1. The molecule has 4 atom stereocenters. The van der Waals surface area contributed by atoms with E-state index in [-0.39, 0.29) is 53.8 Å². The van der Waals surface area contributed by atoms with Gasteiger partial charge in [0.05, 0.1) is 6.04 Å². The standard InChI is InChI=1S/C25H33N3O4/c1-2-6-15-11-12-20-21-18(13-27(20)24(15)31)19(14-29)22(28(21)25(32)16-9-10-16)23(30)26-17-7-4-3-5-8-17/h2,6,11-12,16-19,21-22,29H,3-5,7-10,13-14H2,1H3,(H,26,30)/b6-2+/t18-,19-,21+,22-/m0/s1. The van der Waals surface area contributed by atoms with Crippen LogP contribution >= 0.6 is 0 Å². The molecule has 32 heavy (non-hydrogen) atoms. The van der Waals surface area contributed by atoms with Gasteiger partial charge in [0.25, 0.3) is 5.56 Å². The first-order chi connectivity index (χ1) is 15.5. The Morgan fingerprint density at radius 1 is 1.16 bits per heavy atom. The van der Waals surface area contributed by atoms with E-state index in [1.165, 1.54) is 6.42 Å². The molecule has 4 aliphatic rings. The summed E-state index contributed by atoms with van der Waals surface area (Å²) in [5, 5.41) is 13.6. The molecule has 2 N–H and O–H groups in total. The van der Waals surface area contributed by atoms with E-state index in [9.17, 15) is 19.5 Å². The van der Waals surface area contributed by atoms with Gasteiger partial charge in [0.15, 0.2) is 0 Å². The van der Waals surface area contributed by atoms with Crippen molar-refractivity contribution < 1.29 is 14.7 Å². The molecule has 7 nitrogen and oxygen atoms in total. The number of rotatable bonds is 5. The van der Waals surface area contributed by atoms with Gasteiger partial charge in [-0.2, -0.15) is 0 Å². The number of nitrogens with one attached hydrogen (secondary N) is 1. The summed E-state index contributed by atoms with van der Waals surface area (Å²) in [4.78, 5) is 41.7. The van der Waals surface area contributed by atoms with Crippen molar-refractivity contribution in [3.8, 4) is 0 Å². The van der Waals surface area contributed by atoms with Crippen LogP contribution in [0.25, 0.3) is 6.08 Å². The Kier molecular flexibility index (Phi) is 5.70. The predicted octanol–water partition coefficient (Wildman–Crippen LogP) is 2.23. The number of pyridine rings is 1. The number of aliphatic hydroxyl groups is 1. The average Bonchev–Trinajstić information content (AvgIpc) is 3.50. The molecule has 0 bridgehead atoms. The molecule has 7 heteroatoms. The lowest BCUT2D eigenvalue weighted by Gasteiger charge is -2.33. The summed E-state index contributed by atoms with van der Waals surface area (Å²) < 4.78 is 1.75. The van der Waals surface area contributed by atoms with Crippen LogP contribution in [-0.2, 0) is 16.1 Å². The number of nitrogens with zero attached hydrogens (tertiary/aromatic N) is 2. The minimum Gasteiger partial charge on any atom is -0.396 e. The molecule has 2 amide bonds. The number of hydrogen-bond acceptors (Lipinski definition) is 4. The Hall–Kier alpha value is -2.41. The molecule has 1 aromatic rings. The molecular formula is C25H33N3O4. The van der Waals surface area contributed by atoms with Crippen LogP contribution < -0.4 is 10.9 Å². The summed E-state index contributed by atoms with van der Waals surface area (Å²) in [6, 6.07) is 2.86. The highest BCUT2D eigenvalue weighted by Gasteiger charge is 2.58. The molecule has 3 heterocycles. The Labute approximate surface area is 188 Å². The van der Waals surface area contributed by atoms with Gasteiger partial charge < -0.3 is 19.9 Å².